The van der Waals surface area contributed by atoms with Crippen LogP contribution in [0.2, 0.25) is 0 Å². The number of aromatic carboxylic acids is 1. The molecule has 1 unspecified atom stereocenters. The Bertz CT molecular complexity index is 600. The second kappa shape index (κ2) is 5.79. The molecule has 0 fully saturated rings. The summed E-state index contributed by atoms with van der Waals surface area (Å²) in [5.41, 5.74) is 0.578. The van der Waals surface area contributed by atoms with E-state index in [1.54, 1.807) is 24.3 Å². The standard InChI is InChI=1S/C15H16O5/c1-9(2)19-11-5-3-4-10(8-11)14(16)12-6-7-13(20-12)15(17)18/h3-9,14,16H,1-2H3,(H,17,18). The molecular formula is C15H16O5. The van der Waals surface area contributed by atoms with Gasteiger partial charge >= 0.3 is 5.97 Å². The molecule has 0 aliphatic heterocycles. The van der Waals surface area contributed by atoms with E-state index >= 15 is 0 Å². The zero-order chi connectivity index (χ0) is 14.7. The van der Waals surface area contributed by atoms with E-state index in [9.17, 15) is 9.90 Å². The lowest BCUT2D eigenvalue weighted by molar-refractivity contribution is 0.0655. The molecule has 0 radical (unpaired) electrons. The largest absolute Gasteiger partial charge is 0.491 e. The van der Waals surface area contributed by atoms with E-state index in [0.717, 1.165) is 0 Å². The Morgan fingerprint density at radius 1 is 1.25 bits per heavy atom. The van der Waals surface area contributed by atoms with Crippen LogP contribution >= 0.6 is 0 Å². The number of carbonyl (C=O) groups is 1. The van der Waals surface area contributed by atoms with Crippen LogP contribution in [0.25, 0.3) is 0 Å². The van der Waals surface area contributed by atoms with Crippen molar-refractivity contribution in [3.63, 3.8) is 0 Å². The highest BCUT2D eigenvalue weighted by atomic mass is 16.5. The highest BCUT2D eigenvalue weighted by molar-refractivity contribution is 5.84. The normalized spacial score (nSPS) is 12.4. The van der Waals surface area contributed by atoms with Gasteiger partial charge in [0.1, 0.15) is 17.6 Å². The fraction of sp³-hybridized carbons (Fsp3) is 0.267. The van der Waals surface area contributed by atoms with Gasteiger partial charge in [-0.3, -0.25) is 0 Å². The van der Waals surface area contributed by atoms with Gasteiger partial charge in [0.05, 0.1) is 6.10 Å². The Balaban J connectivity index is 2.23. The predicted octanol–water partition coefficient (Wildman–Crippen LogP) is 2.85. The third-order valence-corrected chi connectivity index (χ3v) is 2.65. The molecule has 0 amide bonds. The van der Waals surface area contributed by atoms with E-state index in [1.165, 1.54) is 12.1 Å². The van der Waals surface area contributed by atoms with Crippen molar-refractivity contribution in [1.82, 2.24) is 0 Å². The third-order valence-electron chi connectivity index (χ3n) is 2.65. The first-order valence-corrected chi connectivity index (χ1v) is 6.25. The fourth-order valence-electron chi connectivity index (χ4n) is 1.81. The lowest BCUT2D eigenvalue weighted by Crippen LogP contribution is -2.06. The molecule has 1 aromatic carbocycles. The van der Waals surface area contributed by atoms with E-state index in [0.29, 0.717) is 11.3 Å². The summed E-state index contributed by atoms with van der Waals surface area (Å²) in [7, 11) is 0. The average Bonchev–Trinajstić information content (AvgIpc) is 2.87. The van der Waals surface area contributed by atoms with Crippen molar-refractivity contribution in [3.05, 3.63) is 53.5 Å². The molecule has 0 aliphatic carbocycles. The Kier molecular flexibility index (Phi) is 4.10. The van der Waals surface area contributed by atoms with E-state index in [4.69, 9.17) is 14.3 Å². The molecule has 0 saturated heterocycles. The van der Waals surface area contributed by atoms with Crippen LogP contribution in [0, 0.1) is 0 Å². The van der Waals surface area contributed by atoms with E-state index in [2.05, 4.69) is 0 Å². The zero-order valence-electron chi connectivity index (χ0n) is 11.2. The number of hydrogen-bond acceptors (Lipinski definition) is 4. The molecule has 2 N–H and O–H groups in total. The highest BCUT2D eigenvalue weighted by Crippen LogP contribution is 2.26. The maximum Gasteiger partial charge on any atom is 0.371 e. The van der Waals surface area contributed by atoms with Crippen molar-refractivity contribution >= 4 is 5.97 Å². The van der Waals surface area contributed by atoms with Gasteiger partial charge in [-0.1, -0.05) is 12.1 Å². The third kappa shape index (κ3) is 3.19. The molecule has 5 nitrogen and oxygen atoms in total. The van der Waals surface area contributed by atoms with Crippen LogP contribution in [0.1, 0.15) is 41.8 Å². The van der Waals surface area contributed by atoms with Crippen molar-refractivity contribution in [2.24, 2.45) is 0 Å². The van der Waals surface area contributed by atoms with Gasteiger partial charge in [-0.05, 0) is 43.7 Å². The van der Waals surface area contributed by atoms with Crippen LogP contribution in [0.15, 0.2) is 40.8 Å². The average molecular weight is 276 g/mol. The van der Waals surface area contributed by atoms with Gasteiger partial charge in [0.15, 0.2) is 0 Å². The Hall–Kier alpha value is -2.27. The molecule has 2 aromatic rings. The maximum atomic E-state index is 10.8. The summed E-state index contributed by atoms with van der Waals surface area (Å²) in [5.74, 6) is -0.542. The first-order chi connectivity index (χ1) is 9.47. The topological polar surface area (TPSA) is 79.9 Å². The second-order valence-corrected chi connectivity index (χ2v) is 4.65. The molecule has 5 heteroatoms. The molecule has 0 bridgehead atoms. The lowest BCUT2D eigenvalue weighted by Gasteiger charge is -2.13. The summed E-state index contributed by atoms with van der Waals surface area (Å²) in [4.78, 5) is 10.8. The molecule has 0 aliphatic rings. The molecule has 1 atom stereocenters. The van der Waals surface area contributed by atoms with E-state index < -0.39 is 12.1 Å². The lowest BCUT2D eigenvalue weighted by atomic mass is 10.1. The number of rotatable bonds is 5. The van der Waals surface area contributed by atoms with Crippen molar-refractivity contribution in [3.8, 4) is 5.75 Å². The number of benzene rings is 1. The van der Waals surface area contributed by atoms with E-state index in [-0.39, 0.29) is 17.6 Å². The summed E-state index contributed by atoms with van der Waals surface area (Å²) < 4.78 is 10.6. The number of carboxylic acids is 1. The number of aliphatic hydroxyl groups excluding tert-OH is 1. The van der Waals surface area contributed by atoms with Gasteiger partial charge in [0, 0.05) is 0 Å². The zero-order valence-corrected chi connectivity index (χ0v) is 11.2. The van der Waals surface area contributed by atoms with Gasteiger partial charge in [0.25, 0.3) is 0 Å². The molecular weight excluding hydrogens is 260 g/mol. The summed E-state index contributed by atoms with van der Waals surface area (Å²) in [6.07, 6.45) is -0.997. The highest BCUT2D eigenvalue weighted by Gasteiger charge is 2.17. The van der Waals surface area contributed by atoms with Gasteiger partial charge in [-0.15, -0.1) is 0 Å². The number of carboxylic acid groups (broad SMARTS) is 1. The minimum atomic E-state index is -1.17. The molecule has 1 heterocycles. The van der Waals surface area contributed by atoms with Crippen molar-refractivity contribution in [1.29, 1.82) is 0 Å². The molecule has 1 aromatic heterocycles. The predicted molar refractivity (Wildman–Crippen MR) is 71.9 cm³/mol. The smallest absolute Gasteiger partial charge is 0.371 e. The first-order valence-electron chi connectivity index (χ1n) is 6.25. The van der Waals surface area contributed by atoms with Crippen molar-refractivity contribution in [2.75, 3.05) is 0 Å². The summed E-state index contributed by atoms with van der Waals surface area (Å²) >= 11 is 0. The Morgan fingerprint density at radius 3 is 2.60 bits per heavy atom. The molecule has 0 saturated carbocycles. The number of aliphatic hydroxyl groups is 1. The molecule has 2 rings (SSSR count). The summed E-state index contributed by atoms with van der Waals surface area (Å²) in [6, 6.07) is 9.74. The van der Waals surface area contributed by atoms with Crippen LogP contribution in [-0.4, -0.2) is 22.3 Å². The van der Waals surface area contributed by atoms with Crippen molar-refractivity contribution < 1.29 is 24.2 Å². The van der Waals surface area contributed by atoms with Crippen LogP contribution in [0.4, 0.5) is 0 Å². The monoisotopic (exact) mass is 276 g/mol. The quantitative estimate of drug-likeness (QED) is 0.877. The van der Waals surface area contributed by atoms with Gasteiger partial charge in [-0.25, -0.2) is 4.79 Å². The molecule has 0 spiro atoms. The maximum absolute atomic E-state index is 10.8. The second-order valence-electron chi connectivity index (χ2n) is 4.65. The Morgan fingerprint density at radius 2 is 2.00 bits per heavy atom. The number of ether oxygens (including phenoxy) is 1. The van der Waals surface area contributed by atoms with Crippen LogP contribution in [0.5, 0.6) is 5.75 Å². The van der Waals surface area contributed by atoms with Gasteiger partial charge in [-0.2, -0.15) is 0 Å². The summed E-state index contributed by atoms with van der Waals surface area (Å²) in [5, 5.41) is 19.0. The minimum absolute atomic E-state index is 0.0321. The SMILES string of the molecule is CC(C)Oc1cccc(C(O)c2ccc(C(=O)O)o2)c1. The van der Waals surface area contributed by atoms with E-state index in [1.807, 2.05) is 13.8 Å². The van der Waals surface area contributed by atoms with Gasteiger partial charge in [0.2, 0.25) is 5.76 Å². The first kappa shape index (κ1) is 14.1. The fourth-order valence-corrected chi connectivity index (χ4v) is 1.81. The molecule has 106 valence electrons. The summed E-state index contributed by atoms with van der Waals surface area (Å²) in [6.45, 7) is 3.82. The van der Waals surface area contributed by atoms with Crippen LogP contribution in [-0.2, 0) is 0 Å². The number of hydrogen-bond donors (Lipinski definition) is 2. The van der Waals surface area contributed by atoms with Crippen LogP contribution < -0.4 is 4.74 Å². The number of furan rings is 1. The van der Waals surface area contributed by atoms with Gasteiger partial charge < -0.3 is 19.4 Å². The van der Waals surface area contributed by atoms with Crippen molar-refractivity contribution in [2.45, 2.75) is 26.1 Å². The molecule has 20 heavy (non-hydrogen) atoms. The Labute approximate surface area is 116 Å². The minimum Gasteiger partial charge on any atom is -0.491 e. The van der Waals surface area contributed by atoms with Crippen LogP contribution in [0.3, 0.4) is 0 Å².